The Balaban J connectivity index is 2.69. The number of alkyl halides is 12. The molecule has 1 aliphatic rings. The second kappa shape index (κ2) is 11.6. The molecule has 43 heavy (non-hydrogen) atoms. The summed E-state index contributed by atoms with van der Waals surface area (Å²) < 4.78 is 175. The quantitative estimate of drug-likeness (QED) is 0.226. The van der Waals surface area contributed by atoms with E-state index in [9.17, 15) is 52.7 Å². The summed E-state index contributed by atoms with van der Waals surface area (Å²) in [5.41, 5.74) is -13.1. The summed E-state index contributed by atoms with van der Waals surface area (Å²) in [6.45, 7) is 6.47. The molecule has 0 unspecified atom stereocenters. The second-order valence-electron chi connectivity index (χ2n) is 11.0. The smallest absolute Gasteiger partial charge is 0.402 e. The SMILES string of the molecule is CC[Si](CC)(CC)OC(c1cc(C(F)(F)F)cc(C(F)(F)F)c1)(c1cc(C(F)(F)F)cc(C(F)(F)F)c1)[C@@]1(C)CCCN1. The van der Waals surface area contributed by atoms with Crippen molar-refractivity contribution in [2.75, 3.05) is 6.54 Å². The summed E-state index contributed by atoms with van der Waals surface area (Å²) in [7, 11) is -3.25. The van der Waals surface area contributed by atoms with Gasteiger partial charge in [0.25, 0.3) is 0 Å². The van der Waals surface area contributed by atoms with E-state index in [1.165, 1.54) is 6.92 Å². The first-order valence-electron chi connectivity index (χ1n) is 13.5. The summed E-state index contributed by atoms with van der Waals surface area (Å²) in [6.07, 6.45) is -21.1. The van der Waals surface area contributed by atoms with Crippen LogP contribution in [0.2, 0.25) is 18.1 Å². The van der Waals surface area contributed by atoms with E-state index in [2.05, 4.69) is 5.32 Å². The third kappa shape index (κ3) is 6.87. The molecule has 1 N–H and O–H groups in total. The molecular formula is C28H31F12NOSi. The van der Waals surface area contributed by atoms with Gasteiger partial charge in [0.15, 0.2) is 8.32 Å². The van der Waals surface area contributed by atoms with Gasteiger partial charge in [0.1, 0.15) is 5.60 Å². The van der Waals surface area contributed by atoms with E-state index in [1.807, 2.05) is 0 Å². The highest BCUT2D eigenvalue weighted by atomic mass is 28.4. The van der Waals surface area contributed by atoms with Crippen LogP contribution in [0, 0.1) is 0 Å². The Labute approximate surface area is 241 Å². The maximum atomic E-state index is 14.1. The number of rotatable bonds is 8. The van der Waals surface area contributed by atoms with Crippen LogP contribution < -0.4 is 5.32 Å². The van der Waals surface area contributed by atoms with Crippen molar-refractivity contribution >= 4 is 8.32 Å². The lowest BCUT2D eigenvalue weighted by Gasteiger charge is -2.52. The zero-order valence-electron chi connectivity index (χ0n) is 23.7. The summed E-state index contributed by atoms with van der Waals surface area (Å²) in [5, 5.41) is 2.97. The van der Waals surface area contributed by atoms with Gasteiger partial charge in [0.05, 0.1) is 27.8 Å². The largest absolute Gasteiger partial charge is 0.416 e. The van der Waals surface area contributed by atoms with E-state index in [1.54, 1.807) is 20.8 Å². The number of benzene rings is 2. The average Bonchev–Trinajstić information content (AvgIpc) is 3.35. The standard InChI is InChI=1S/C28H31F12NOSi/c1-5-43(6-2,7-3)42-24(23(4)9-8-10-41-23,17-11-19(25(29,30)31)15-20(12-17)26(32,33)34)18-13-21(27(35,36)37)16-22(14-18)28(38,39)40/h11-16,41H,5-10H2,1-4H3/t23-/m1/s1. The van der Waals surface area contributed by atoms with E-state index in [0.29, 0.717) is 24.3 Å². The maximum absolute atomic E-state index is 14.1. The van der Waals surface area contributed by atoms with Crippen molar-refractivity contribution in [3.63, 3.8) is 0 Å². The molecule has 1 saturated heterocycles. The van der Waals surface area contributed by atoms with Gasteiger partial charge in [-0.25, -0.2) is 0 Å². The number of halogens is 12. The molecule has 0 aromatic heterocycles. The predicted octanol–water partition coefficient (Wildman–Crippen LogP) is 10.2. The van der Waals surface area contributed by atoms with Crippen LogP contribution in [-0.2, 0) is 34.7 Å². The minimum Gasteiger partial charge on any atom is -0.402 e. The van der Waals surface area contributed by atoms with E-state index in [0.717, 1.165) is 0 Å². The van der Waals surface area contributed by atoms with E-state index in [4.69, 9.17) is 4.43 Å². The maximum Gasteiger partial charge on any atom is 0.416 e. The van der Waals surface area contributed by atoms with Crippen LogP contribution in [0.25, 0.3) is 0 Å². The molecule has 242 valence electrons. The number of hydrogen-bond donors (Lipinski definition) is 1. The predicted molar refractivity (Wildman–Crippen MR) is 138 cm³/mol. The summed E-state index contributed by atoms with van der Waals surface area (Å²) in [6, 6.07) is 1.77. The van der Waals surface area contributed by atoms with Gasteiger partial charge in [0.2, 0.25) is 0 Å². The Hall–Kier alpha value is -2.26. The first kappa shape index (κ1) is 35.2. The highest BCUT2D eigenvalue weighted by Crippen LogP contribution is 2.53. The fourth-order valence-corrected chi connectivity index (χ4v) is 8.88. The van der Waals surface area contributed by atoms with Crippen molar-refractivity contribution in [2.24, 2.45) is 0 Å². The lowest BCUT2D eigenvalue weighted by Crippen LogP contribution is -2.62. The molecule has 0 aliphatic carbocycles. The lowest BCUT2D eigenvalue weighted by molar-refractivity contribution is -0.144. The molecule has 1 fully saturated rings. The molecule has 1 aliphatic heterocycles. The van der Waals surface area contributed by atoms with Gasteiger partial charge >= 0.3 is 24.7 Å². The van der Waals surface area contributed by atoms with Gasteiger partial charge in [-0.15, -0.1) is 0 Å². The first-order chi connectivity index (χ1) is 19.5. The number of hydrogen-bond acceptors (Lipinski definition) is 2. The minimum absolute atomic E-state index is 0.0379. The zero-order chi connectivity index (χ0) is 32.9. The molecule has 2 aromatic carbocycles. The molecular weight excluding hydrogens is 622 g/mol. The van der Waals surface area contributed by atoms with Crippen molar-refractivity contribution in [3.05, 3.63) is 69.8 Å². The molecule has 0 amide bonds. The topological polar surface area (TPSA) is 21.3 Å². The van der Waals surface area contributed by atoms with Crippen LogP contribution in [0.15, 0.2) is 36.4 Å². The Bertz CT molecular complexity index is 1140. The van der Waals surface area contributed by atoms with Gasteiger partial charge in [0, 0.05) is 0 Å². The van der Waals surface area contributed by atoms with Crippen LogP contribution in [0.4, 0.5) is 52.7 Å². The Kier molecular flexibility index (Phi) is 9.49. The summed E-state index contributed by atoms with van der Waals surface area (Å²) in [5.74, 6) is 0. The monoisotopic (exact) mass is 653 g/mol. The van der Waals surface area contributed by atoms with Crippen molar-refractivity contribution in [2.45, 2.75) is 94.5 Å². The van der Waals surface area contributed by atoms with Crippen molar-refractivity contribution in [1.82, 2.24) is 5.32 Å². The third-order valence-electron chi connectivity index (χ3n) is 8.44. The normalized spacial score (nSPS) is 19.3. The third-order valence-corrected chi connectivity index (χ3v) is 13.0. The van der Waals surface area contributed by atoms with Gasteiger partial charge in [-0.3, -0.25) is 0 Å². The van der Waals surface area contributed by atoms with Crippen molar-refractivity contribution in [3.8, 4) is 0 Å². The molecule has 15 heteroatoms. The van der Waals surface area contributed by atoms with Crippen LogP contribution >= 0.6 is 0 Å². The highest BCUT2D eigenvalue weighted by Gasteiger charge is 2.58. The fourth-order valence-electron chi connectivity index (χ4n) is 5.84. The molecule has 0 spiro atoms. The molecule has 0 bridgehead atoms. The Morgan fingerprint density at radius 2 is 0.907 bits per heavy atom. The second-order valence-corrected chi connectivity index (χ2v) is 15.7. The Morgan fingerprint density at radius 3 is 1.14 bits per heavy atom. The minimum atomic E-state index is -5.34. The molecule has 0 radical (unpaired) electrons. The summed E-state index contributed by atoms with van der Waals surface area (Å²) in [4.78, 5) is 0. The Morgan fingerprint density at radius 1 is 0.605 bits per heavy atom. The van der Waals surface area contributed by atoms with Crippen molar-refractivity contribution in [1.29, 1.82) is 0 Å². The molecule has 2 aromatic rings. The van der Waals surface area contributed by atoms with E-state index in [-0.39, 0.29) is 49.7 Å². The van der Waals surface area contributed by atoms with Gasteiger partial charge in [-0.05, 0) is 92.0 Å². The molecule has 1 heterocycles. The van der Waals surface area contributed by atoms with E-state index >= 15 is 0 Å². The summed E-state index contributed by atoms with van der Waals surface area (Å²) >= 11 is 0. The molecule has 2 nitrogen and oxygen atoms in total. The van der Waals surface area contributed by atoms with Gasteiger partial charge < -0.3 is 9.74 Å². The molecule has 0 saturated carbocycles. The lowest BCUT2D eigenvalue weighted by atomic mass is 9.69. The average molecular weight is 654 g/mol. The van der Waals surface area contributed by atoms with Gasteiger partial charge in [-0.1, -0.05) is 20.8 Å². The van der Waals surface area contributed by atoms with Crippen molar-refractivity contribution < 1.29 is 57.1 Å². The van der Waals surface area contributed by atoms with Crippen LogP contribution in [0.1, 0.15) is 73.9 Å². The molecule has 3 rings (SSSR count). The van der Waals surface area contributed by atoms with Gasteiger partial charge in [-0.2, -0.15) is 52.7 Å². The van der Waals surface area contributed by atoms with Crippen LogP contribution in [0.3, 0.4) is 0 Å². The fraction of sp³-hybridized carbons (Fsp3) is 0.571. The zero-order valence-corrected chi connectivity index (χ0v) is 24.7. The first-order valence-corrected chi connectivity index (χ1v) is 16.1. The highest BCUT2D eigenvalue weighted by molar-refractivity contribution is 6.73. The van der Waals surface area contributed by atoms with Crippen LogP contribution in [0.5, 0.6) is 0 Å². The number of nitrogens with one attached hydrogen (secondary N) is 1. The van der Waals surface area contributed by atoms with E-state index < -0.39 is 77.5 Å². The van der Waals surface area contributed by atoms with Crippen LogP contribution in [-0.4, -0.2) is 20.4 Å². The molecule has 1 atom stereocenters.